The first kappa shape index (κ1) is 20.7. The van der Waals surface area contributed by atoms with Crippen molar-refractivity contribution in [1.82, 2.24) is 5.32 Å². The molecule has 166 valence electrons. The lowest BCUT2D eigenvalue weighted by atomic mass is 10.00. The average Bonchev–Trinajstić information content (AvgIpc) is 3.28. The van der Waals surface area contributed by atoms with E-state index in [-0.39, 0.29) is 11.3 Å². The molecular weight excluding hydrogens is 423 g/mol. The summed E-state index contributed by atoms with van der Waals surface area (Å²) < 4.78 is 20.3. The molecule has 2 aliphatic rings. The molecule has 1 unspecified atom stereocenters. The van der Waals surface area contributed by atoms with Gasteiger partial charge in [0.05, 0.1) is 23.7 Å². The lowest BCUT2D eigenvalue weighted by molar-refractivity contribution is -0.119. The van der Waals surface area contributed by atoms with Gasteiger partial charge in [0.25, 0.3) is 5.91 Å². The smallest absolute Gasteiger partial charge is 0.321 e. The molecule has 0 fully saturated rings. The van der Waals surface area contributed by atoms with Crippen LogP contribution in [0.2, 0.25) is 0 Å². The third-order valence-corrected chi connectivity index (χ3v) is 5.70. The van der Waals surface area contributed by atoms with E-state index in [9.17, 15) is 14.0 Å². The predicted molar refractivity (Wildman–Crippen MR) is 123 cm³/mol. The number of urea groups is 1. The molecule has 0 saturated heterocycles. The molecule has 3 aromatic rings. The van der Waals surface area contributed by atoms with Gasteiger partial charge in [0.15, 0.2) is 0 Å². The normalized spacial score (nSPS) is 16.8. The summed E-state index contributed by atoms with van der Waals surface area (Å²) in [6.07, 6.45) is -0.484. The van der Waals surface area contributed by atoms with Crippen molar-refractivity contribution in [3.63, 3.8) is 0 Å². The van der Waals surface area contributed by atoms with Crippen molar-refractivity contribution in [1.29, 1.82) is 0 Å². The minimum absolute atomic E-state index is 0.245. The summed E-state index contributed by atoms with van der Waals surface area (Å²) in [5.41, 5.74) is 3.22. The SMILES string of the molecule is CN1C(=O)C(NC(=O)Nc2cccc3c2OCC3)N=C(c2ccccc2F)c2ccccc21. The van der Waals surface area contributed by atoms with Crippen LogP contribution < -0.4 is 20.3 Å². The van der Waals surface area contributed by atoms with Crippen LogP contribution in [0.3, 0.4) is 0 Å². The van der Waals surface area contributed by atoms with E-state index in [0.29, 0.717) is 29.3 Å². The van der Waals surface area contributed by atoms with Gasteiger partial charge >= 0.3 is 6.03 Å². The van der Waals surface area contributed by atoms with E-state index >= 15 is 0 Å². The fourth-order valence-electron chi connectivity index (χ4n) is 4.08. The third kappa shape index (κ3) is 3.80. The molecular formula is C25H21FN4O3. The van der Waals surface area contributed by atoms with Gasteiger partial charge in [-0.1, -0.05) is 42.5 Å². The van der Waals surface area contributed by atoms with E-state index in [1.165, 1.54) is 11.0 Å². The van der Waals surface area contributed by atoms with E-state index in [4.69, 9.17) is 4.74 Å². The number of halogens is 1. The Balaban J connectivity index is 1.50. The van der Waals surface area contributed by atoms with Crippen LogP contribution in [-0.2, 0) is 11.2 Å². The zero-order valence-corrected chi connectivity index (χ0v) is 17.8. The minimum Gasteiger partial charge on any atom is -0.491 e. The number of benzene rings is 3. The highest BCUT2D eigenvalue weighted by molar-refractivity contribution is 6.20. The summed E-state index contributed by atoms with van der Waals surface area (Å²) in [5.74, 6) is -0.290. The molecule has 3 amide bonds. The van der Waals surface area contributed by atoms with Gasteiger partial charge < -0.3 is 20.3 Å². The van der Waals surface area contributed by atoms with Gasteiger partial charge in [-0.05, 0) is 29.8 Å². The Hall–Kier alpha value is -4.20. The number of nitrogens with one attached hydrogen (secondary N) is 2. The van der Waals surface area contributed by atoms with Crippen LogP contribution in [-0.4, -0.2) is 37.5 Å². The fraction of sp³-hybridized carbons (Fsp3) is 0.160. The number of hydrogen-bond donors (Lipinski definition) is 2. The van der Waals surface area contributed by atoms with E-state index in [2.05, 4.69) is 15.6 Å². The summed E-state index contributed by atoms with van der Waals surface area (Å²) in [4.78, 5) is 32.0. The van der Waals surface area contributed by atoms with Crippen LogP contribution in [0.15, 0.2) is 71.7 Å². The number of hydrogen-bond acceptors (Lipinski definition) is 4. The number of carbonyl (C=O) groups is 2. The van der Waals surface area contributed by atoms with Crippen molar-refractivity contribution < 1.29 is 18.7 Å². The standard InChI is InChI=1S/C25H21FN4O3/c1-30-20-12-5-3-9-17(20)21(16-8-2-4-10-18(16)26)28-23(24(30)31)29-25(32)27-19-11-6-7-15-13-14-33-22(15)19/h2-12,23H,13-14H2,1H3,(H2,27,29,32). The van der Waals surface area contributed by atoms with Crippen molar-refractivity contribution in [3.05, 3.63) is 89.2 Å². The number of fused-ring (bicyclic) bond motifs is 2. The van der Waals surface area contributed by atoms with Gasteiger partial charge in [-0.25, -0.2) is 14.2 Å². The molecule has 8 heteroatoms. The van der Waals surface area contributed by atoms with Gasteiger partial charge in [-0.15, -0.1) is 0 Å². The highest BCUT2D eigenvalue weighted by Crippen LogP contribution is 2.33. The number of benzodiazepines with no additional fused rings is 1. The van der Waals surface area contributed by atoms with Crippen LogP contribution in [0.5, 0.6) is 5.75 Å². The van der Waals surface area contributed by atoms with Gasteiger partial charge in [-0.2, -0.15) is 0 Å². The van der Waals surface area contributed by atoms with Crippen molar-refractivity contribution in [2.75, 3.05) is 23.9 Å². The molecule has 7 nitrogen and oxygen atoms in total. The molecule has 33 heavy (non-hydrogen) atoms. The van der Waals surface area contributed by atoms with Gasteiger partial charge in [-0.3, -0.25) is 4.79 Å². The summed E-state index contributed by atoms with van der Waals surface area (Å²) in [6, 6.07) is 18.2. The van der Waals surface area contributed by atoms with Crippen LogP contribution in [0, 0.1) is 5.82 Å². The first-order chi connectivity index (χ1) is 16.0. The van der Waals surface area contributed by atoms with Gasteiger partial charge in [0.1, 0.15) is 11.6 Å². The number of nitrogens with zero attached hydrogens (tertiary/aromatic N) is 2. The number of amides is 3. The molecule has 0 aromatic heterocycles. The number of anilines is 2. The monoisotopic (exact) mass is 444 g/mol. The highest BCUT2D eigenvalue weighted by Gasteiger charge is 2.32. The molecule has 3 aromatic carbocycles. The Morgan fingerprint density at radius 1 is 1.06 bits per heavy atom. The quantitative estimate of drug-likeness (QED) is 0.646. The number of aliphatic imine (C=N–C) groups is 1. The Morgan fingerprint density at radius 2 is 1.82 bits per heavy atom. The molecule has 0 aliphatic carbocycles. The van der Waals surface area contributed by atoms with Gasteiger partial charge in [0.2, 0.25) is 6.17 Å². The zero-order valence-electron chi connectivity index (χ0n) is 17.8. The van der Waals surface area contributed by atoms with Crippen molar-refractivity contribution >= 4 is 29.0 Å². The number of ether oxygens (including phenoxy) is 1. The first-order valence-corrected chi connectivity index (χ1v) is 10.5. The zero-order chi connectivity index (χ0) is 22.9. The molecule has 2 heterocycles. The maximum absolute atomic E-state index is 14.7. The summed E-state index contributed by atoms with van der Waals surface area (Å²) in [6.45, 7) is 0.552. The second kappa shape index (κ2) is 8.38. The van der Waals surface area contributed by atoms with Gasteiger partial charge in [0, 0.05) is 24.6 Å². The maximum Gasteiger partial charge on any atom is 0.321 e. The molecule has 0 saturated carbocycles. The Bertz CT molecular complexity index is 1290. The van der Waals surface area contributed by atoms with E-state index in [1.54, 1.807) is 55.6 Å². The minimum atomic E-state index is -1.25. The van der Waals surface area contributed by atoms with Crippen molar-refractivity contribution in [3.8, 4) is 5.75 Å². The van der Waals surface area contributed by atoms with E-state index in [0.717, 1.165) is 12.0 Å². The average molecular weight is 444 g/mol. The van der Waals surface area contributed by atoms with Crippen LogP contribution in [0.1, 0.15) is 16.7 Å². The van der Waals surface area contributed by atoms with Crippen LogP contribution in [0.25, 0.3) is 0 Å². The number of likely N-dealkylation sites (N-methyl/N-ethyl adjacent to an activating group) is 1. The van der Waals surface area contributed by atoms with E-state index in [1.807, 2.05) is 12.1 Å². The Labute approximate surface area is 189 Å². The topological polar surface area (TPSA) is 83.0 Å². The second-order valence-corrected chi connectivity index (χ2v) is 7.77. The Morgan fingerprint density at radius 3 is 2.64 bits per heavy atom. The predicted octanol–water partition coefficient (Wildman–Crippen LogP) is 3.72. The summed E-state index contributed by atoms with van der Waals surface area (Å²) >= 11 is 0. The molecule has 2 N–H and O–H groups in total. The number of para-hydroxylation sites is 2. The third-order valence-electron chi connectivity index (χ3n) is 5.70. The molecule has 2 aliphatic heterocycles. The van der Waals surface area contributed by atoms with Crippen molar-refractivity contribution in [2.24, 2.45) is 4.99 Å². The van der Waals surface area contributed by atoms with Crippen LogP contribution in [0.4, 0.5) is 20.6 Å². The molecule has 0 spiro atoms. The fourth-order valence-corrected chi connectivity index (χ4v) is 4.08. The number of carbonyl (C=O) groups excluding carboxylic acids is 2. The maximum atomic E-state index is 14.7. The van der Waals surface area contributed by atoms with Crippen molar-refractivity contribution in [2.45, 2.75) is 12.6 Å². The van der Waals surface area contributed by atoms with E-state index < -0.39 is 23.9 Å². The molecule has 1 atom stereocenters. The largest absolute Gasteiger partial charge is 0.491 e. The highest BCUT2D eigenvalue weighted by atomic mass is 19.1. The first-order valence-electron chi connectivity index (χ1n) is 10.5. The lowest BCUT2D eigenvalue weighted by Crippen LogP contribution is -2.47. The second-order valence-electron chi connectivity index (χ2n) is 7.77. The van der Waals surface area contributed by atoms with Crippen LogP contribution >= 0.6 is 0 Å². The molecule has 0 bridgehead atoms. The Kier molecular flexibility index (Phi) is 5.26. The number of rotatable bonds is 3. The summed E-state index contributed by atoms with van der Waals surface area (Å²) in [5, 5.41) is 5.37. The molecule has 5 rings (SSSR count). The molecule has 0 radical (unpaired) electrons. The lowest BCUT2D eigenvalue weighted by Gasteiger charge is -2.21. The summed E-state index contributed by atoms with van der Waals surface area (Å²) in [7, 11) is 1.60.